The van der Waals surface area contributed by atoms with Gasteiger partial charge >= 0.3 is 0 Å². The smallest absolute Gasteiger partial charge is 0.161 e. The van der Waals surface area contributed by atoms with Crippen molar-refractivity contribution in [1.82, 2.24) is 9.97 Å². The Morgan fingerprint density at radius 2 is 1.94 bits per heavy atom. The van der Waals surface area contributed by atoms with Gasteiger partial charge in [-0.1, -0.05) is 19.1 Å². The maximum Gasteiger partial charge on any atom is 0.161 e. The number of benzene rings is 1. The summed E-state index contributed by atoms with van der Waals surface area (Å²) in [6.07, 6.45) is 1.77. The summed E-state index contributed by atoms with van der Waals surface area (Å²) in [4.78, 5) is 9.96. The Balaban J connectivity index is 2.26. The molecular formula is C13H15N3S. The Labute approximate surface area is 106 Å². The Hall–Kier alpha value is -1.55. The molecule has 0 amide bonds. The fraction of sp³-hybridized carbons (Fsp3) is 0.231. The van der Waals surface area contributed by atoms with E-state index in [1.54, 1.807) is 6.20 Å². The summed E-state index contributed by atoms with van der Waals surface area (Å²) in [6, 6.07) is 10.2. The van der Waals surface area contributed by atoms with E-state index in [2.05, 4.69) is 46.5 Å². The van der Waals surface area contributed by atoms with Crippen LogP contribution in [-0.4, -0.2) is 22.8 Å². The molecule has 0 fully saturated rings. The van der Waals surface area contributed by atoms with Crippen molar-refractivity contribution in [3.05, 3.63) is 36.5 Å². The van der Waals surface area contributed by atoms with Crippen molar-refractivity contribution in [2.75, 3.05) is 18.1 Å². The minimum absolute atomic E-state index is 0.755. The largest absolute Gasteiger partial charge is 0.373 e. The molecule has 0 radical (unpaired) electrons. The molecule has 0 aliphatic rings. The Kier molecular flexibility index (Phi) is 3.98. The maximum absolute atomic E-state index is 4.41. The zero-order valence-corrected chi connectivity index (χ0v) is 10.8. The minimum Gasteiger partial charge on any atom is -0.373 e. The molecular weight excluding hydrogens is 230 g/mol. The first-order chi connectivity index (χ1) is 8.33. The first kappa shape index (κ1) is 11.9. The summed E-state index contributed by atoms with van der Waals surface area (Å²) in [7, 11) is 1.85. The van der Waals surface area contributed by atoms with E-state index in [1.807, 2.05) is 24.9 Å². The molecule has 0 aliphatic heterocycles. The van der Waals surface area contributed by atoms with E-state index < -0.39 is 0 Å². The van der Waals surface area contributed by atoms with Crippen molar-refractivity contribution in [3.8, 4) is 11.4 Å². The number of rotatable bonds is 4. The number of hydrogen-bond acceptors (Lipinski definition) is 4. The van der Waals surface area contributed by atoms with Crippen LogP contribution in [0.3, 0.4) is 0 Å². The van der Waals surface area contributed by atoms with Crippen LogP contribution in [0.2, 0.25) is 0 Å². The molecule has 3 nitrogen and oxygen atoms in total. The molecule has 0 aliphatic carbocycles. The lowest BCUT2D eigenvalue weighted by molar-refractivity contribution is 1.16. The lowest BCUT2D eigenvalue weighted by Crippen LogP contribution is -1.95. The Morgan fingerprint density at radius 3 is 2.59 bits per heavy atom. The van der Waals surface area contributed by atoms with Crippen LogP contribution in [0.15, 0.2) is 41.4 Å². The molecule has 0 unspecified atom stereocenters. The highest BCUT2D eigenvalue weighted by atomic mass is 32.2. The van der Waals surface area contributed by atoms with Crippen molar-refractivity contribution >= 4 is 17.6 Å². The topological polar surface area (TPSA) is 37.8 Å². The molecule has 0 saturated heterocycles. The molecule has 0 atom stereocenters. The lowest BCUT2D eigenvalue weighted by atomic mass is 10.2. The quantitative estimate of drug-likeness (QED) is 0.839. The summed E-state index contributed by atoms with van der Waals surface area (Å²) < 4.78 is 0. The van der Waals surface area contributed by atoms with Gasteiger partial charge in [-0.05, 0) is 24.0 Å². The van der Waals surface area contributed by atoms with Crippen molar-refractivity contribution in [1.29, 1.82) is 0 Å². The predicted octanol–water partition coefficient (Wildman–Crippen LogP) is 3.30. The van der Waals surface area contributed by atoms with E-state index in [4.69, 9.17) is 0 Å². The van der Waals surface area contributed by atoms with Crippen LogP contribution >= 0.6 is 11.8 Å². The maximum atomic E-state index is 4.41. The van der Waals surface area contributed by atoms with Gasteiger partial charge in [-0.2, -0.15) is 0 Å². The van der Waals surface area contributed by atoms with Crippen LogP contribution in [0, 0.1) is 0 Å². The fourth-order valence-electron chi connectivity index (χ4n) is 1.50. The van der Waals surface area contributed by atoms with Gasteiger partial charge in [-0.3, -0.25) is 0 Å². The van der Waals surface area contributed by atoms with Crippen LogP contribution in [-0.2, 0) is 0 Å². The van der Waals surface area contributed by atoms with E-state index in [9.17, 15) is 0 Å². The van der Waals surface area contributed by atoms with Crippen molar-refractivity contribution < 1.29 is 0 Å². The van der Waals surface area contributed by atoms with Crippen LogP contribution < -0.4 is 5.32 Å². The van der Waals surface area contributed by atoms with Gasteiger partial charge in [0, 0.05) is 23.7 Å². The van der Waals surface area contributed by atoms with Gasteiger partial charge in [-0.15, -0.1) is 11.8 Å². The molecule has 4 heteroatoms. The van der Waals surface area contributed by atoms with Crippen molar-refractivity contribution in [2.24, 2.45) is 0 Å². The summed E-state index contributed by atoms with van der Waals surface area (Å²) >= 11 is 1.83. The molecule has 1 N–H and O–H groups in total. The SMILES string of the molecule is CCSc1ccc(-c2nccc(NC)n2)cc1. The van der Waals surface area contributed by atoms with Gasteiger partial charge in [0.05, 0.1) is 0 Å². The second-order valence-electron chi connectivity index (χ2n) is 3.47. The standard InChI is InChI=1S/C13H15N3S/c1-3-17-11-6-4-10(5-7-11)13-15-9-8-12(14-2)16-13/h4-9H,3H2,1-2H3,(H,14,15,16). The van der Waals surface area contributed by atoms with Crippen molar-refractivity contribution in [2.45, 2.75) is 11.8 Å². The third kappa shape index (κ3) is 2.97. The number of anilines is 1. The van der Waals surface area contributed by atoms with Gasteiger partial charge < -0.3 is 5.32 Å². The number of nitrogens with one attached hydrogen (secondary N) is 1. The van der Waals surface area contributed by atoms with E-state index in [-0.39, 0.29) is 0 Å². The third-order valence-electron chi connectivity index (χ3n) is 2.34. The minimum atomic E-state index is 0.755. The molecule has 88 valence electrons. The first-order valence-corrected chi connectivity index (χ1v) is 6.56. The van der Waals surface area contributed by atoms with Crippen LogP contribution in [0.5, 0.6) is 0 Å². The third-order valence-corrected chi connectivity index (χ3v) is 3.23. The number of thioether (sulfide) groups is 1. The van der Waals surface area contributed by atoms with E-state index in [1.165, 1.54) is 4.90 Å². The molecule has 1 aromatic carbocycles. The van der Waals surface area contributed by atoms with Crippen molar-refractivity contribution in [3.63, 3.8) is 0 Å². The molecule has 1 heterocycles. The summed E-state index contributed by atoms with van der Waals surface area (Å²) in [5.74, 6) is 2.68. The zero-order chi connectivity index (χ0) is 12.1. The predicted molar refractivity (Wildman–Crippen MR) is 73.4 cm³/mol. The fourth-order valence-corrected chi connectivity index (χ4v) is 2.17. The Morgan fingerprint density at radius 1 is 1.18 bits per heavy atom. The second-order valence-corrected chi connectivity index (χ2v) is 4.81. The average Bonchev–Trinajstić information content (AvgIpc) is 2.40. The van der Waals surface area contributed by atoms with Crippen LogP contribution in [0.25, 0.3) is 11.4 Å². The highest BCUT2D eigenvalue weighted by molar-refractivity contribution is 7.99. The average molecular weight is 245 g/mol. The molecule has 0 bridgehead atoms. The summed E-state index contributed by atoms with van der Waals surface area (Å²) in [5, 5.41) is 3.01. The normalized spacial score (nSPS) is 10.2. The molecule has 2 rings (SSSR count). The van der Waals surface area contributed by atoms with Gasteiger partial charge in [0.1, 0.15) is 5.82 Å². The number of nitrogens with zero attached hydrogens (tertiary/aromatic N) is 2. The molecule has 17 heavy (non-hydrogen) atoms. The van der Waals surface area contributed by atoms with Crippen LogP contribution in [0.1, 0.15) is 6.92 Å². The number of aromatic nitrogens is 2. The van der Waals surface area contributed by atoms with Gasteiger partial charge in [0.15, 0.2) is 5.82 Å². The summed E-state index contributed by atoms with van der Waals surface area (Å²) in [5.41, 5.74) is 1.04. The zero-order valence-electron chi connectivity index (χ0n) is 9.97. The molecule has 1 aromatic heterocycles. The van der Waals surface area contributed by atoms with Gasteiger partial charge in [0.25, 0.3) is 0 Å². The van der Waals surface area contributed by atoms with Gasteiger partial charge in [0.2, 0.25) is 0 Å². The molecule has 0 spiro atoms. The lowest BCUT2D eigenvalue weighted by Gasteiger charge is -2.04. The first-order valence-electron chi connectivity index (χ1n) is 5.57. The van der Waals surface area contributed by atoms with E-state index in [0.717, 1.165) is 23.0 Å². The second kappa shape index (κ2) is 5.68. The molecule has 2 aromatic rings. The van der Waals surface area contributed by atoms with Crippen LogP contribution in [0.4, 0.5) is 5.82 Å². The Bertz CT molecular complexity index is 482. The summed E-state index contributed by atoms with van der Waals surface area (Å²) in [6.45, 7) is 2.15. The molecule has 0 saturated carbocycles. The van der Waals surface area contributed by atoms with Gasteiger partial charge in [-0.25, -0.2) is 9.97 Å². The number of hydrogen-bond donors (Lipinski definition) is 1. The monoisotopic (exact) mass is 245 g/mol. The van der Waals surface area contributed by atoms with E-state index in [0.29, 0.717) is 0 Å². The highest BCUT2D eigenvalue weighted by Crippen LogP contribution is 2.22. The highest BCUT2D eigenvalue weighted by Gasteiger charge is 2.02. The van der Waals surface area contributed by atoms with E-state index >= 15 is 0 Å².